The molecule has 164 valence electrons. The van der Waals surface area contributed by atoms with Gasteiger partial charge in [-0.2, -0.15) is 0 Å². The molecule has 0 aliphatic heterocycles. The predicted octanol–water partition coefficient (Wildman–Crippen LogP) is 7.81. The van der Waals surface area contributed by atoms with Crippen LogP contribution in [-0.2, 0) is 6.54 Å². The summed E-state index contributed by atoms with van der Waals surface area (Å²) < 4.78 is 14.6. The van der Waals surface area contributed by atoms with E-state index in [9.17, 15) is 0 Å². The Bertz CT molecular complexity index is 1600. The predicted molar refractivity (Wildman–Crippen MR) is 136 cm³/mol. The molecular weight excluding hydrogens is 432 g/mol. The number of aromatic nitrogens is 2. The summed E-state index contributed by atoms with van der Waals surface area (Å²) in [4.78, 5) is 4.62. The van der Waals surface area contributed by atoms with Crippen LogP contribution in [0.4, 0.5) is 0 Å². The fourth-order valence-electron chi connectivity index (χ4n) is 4.48. The van der Waals surface area contributed by atoms with E-state index in [1.54, 1.807) is 0 Å². The van der Waals surface area contributed by atoms with E-state index >= 15 is 0 Å². The highest BCUT2D eigenvalue weighted by Crippen LogP contribution is 2.36. The first-order valence-corrected chi connectivity index (χ1v) is 10.8. The lowest BCUT2D eigenvalue weighted by molar-refractivity contribution is 0.466. The maximum Gasteiger partial charge on any atom is 0.244 e. The number of rotatable bonds is 4. The summed E-state index contributed by atoms with van der Waals surface area (Å²) >= 11 is 0. The quantitative estimate of drug-likeness (QED) is 0.272. The molecule has 0 atom stereocenters. The van der Waals surface area contributed by atoms with Crippen molar-refractivity contribution >= 4 is 45.2 Å². The third-order valence-corrected chi connectivity index (χ3v) is 6.26. The van der Waals surface area contributed by atoms with Crippen LogP contribution in [0.1, 0.15) is 16.8 Å². The lowest BCUT2D eigenvalue weighted by Gasteiger charge is -2.12. The van der Waals surface area contributed by atoms with Gasteiger partial charge in [0.15, 0.2) is 0 Å². The zero-order chi connectivity index (χ0) is 21.7. The molecule has 0 spiro atoms. The SMILES string of the molecule is Cc1c(C)n(Cc2ccccc2)c2c(Oc3ccc4oc5ccccc5c4c3)nccc12.Cl. The molecule has 3 aromatic heterocycles. The van der Waals surface area contributed by atoms with E-state index in [1.807, 2.05) is 48.7 Å². The van der Waals surface area contributed by atoms with Crippen molar-refractivity contribution in [1.82, 2.24) is 9.55 Å². The maximum absolute atomic E-state index is 6.39. The van der Waals surface area contributed by atoms with Crippen LogP contribution < -0.4 is 4.74 Å². The van der Waals surface area contributed by atoms with Gasteiger partial charge in [-0.3, -0.25) is 0 Å². The fourth-order valence-corrected chi connectivity index (χ4v) is 4.48. The summed E-state index contributed by atoms with van der Waals surface area (Å²) in [5.74, 6) is 1.36. The number of halogens is 1. The molecule has 0 N–H and O–H groups in total. The number of pyridine rings is 1. The average molecular weight is 455 g/mol. The zero-order valence-corrected chi connectivity index (χ0v) is 19.2. The monoisotopic (exact) mass is 454 g/mol. The lowest BCUT2D eigenvalue weighted by atomic mass is 10.1. The van der Waals surface area contributed by atoms with Crippen LogP contribution in [0.25, 0.3) is 32.8 Å². The van der Waals surface area contributed by atoms with Gasteiger partial charge >= 0.3 is 0 Å². The van der Waals surface area contributed by atoms with Crippen molar-refractivity contribution in [2.24, 2.45) is 0 Å². The molecule has 0 saturated heterocycles. The number of hydrogen-bond donors (Lipinski definition) is 0. The second kappa shape index (κ2) is 8.30. The first kappa shape index (κ1) is 21.1. The smallest absolute Gasteiger partial charge is 0.244 e. The molecule has 0 fully saturated rings. The molecule has 0 bridgehead atoms. The van der Waals surface area contributed by atoms with Crippen molar-refractivity contribution in [3.05, 3.63) is 102 Å². The molecule has 0 unspecified atom stereocenters. The number of para-hydroxylation sites is 1. The van der Waals surface area contributed by atoms with E-state index in [4.69, 9.17) is 9.15 Å². The standard InChI is InChI=1S/C28H22N2O2.ClH/c1-18-19(2)30(17-20-8-4-3-5-9-20)27-22(18)14-15-29-28(27)31-21-12-13-26-24(16-21)23-10-6-7-11-25(23)32-26;/h3-16H,17H2,1-2H3;1H. The van der Waals surface area contributed by atoms with Gasteiger partial charge in [-0.25, -0.2) is 4.98 Å². The van der Waals surface area contributed by atoms with Crippen molar-refractivity contribution < 1.29 is 9.15 Å². The van der Waals surface area contributed by atoms with Gasteiger partial charge in [-0.15, -0.1) is 12.4 Å². The molecule has 4 nitrogen and oxygen atoms in total. The molecule has 5 heteroatoms. The first-order chi connectivity index (χ1) is 15.7. The lowest BCUT2D eigenvalue weighted by Crippen LogP contribution is -2.03. The largest absolute Gasteiger partial charge is 0.456 e. The highest BCUT2D eigenvalue weighted by molar-refractivity contribution is 6.05. The van der Waals surface area contributed by atoms with E-state index in [0.29, 0.717) is 5.88 Å². The Hall–Kier alpha value is -3.76. The van der Waals surface area contributed by atoms with E-state index < -0.39 is 0 Å². The fraction of sp³-hybridized carbons (Fsp3) is 0.107. The maximum atomic E-state index is 6.39. The third-order valence-electron chi connectivity index (χ3n) is 6.26. The zero-order valence-electron chi connectivity index (χ0n) is 18.4. The average Bonchev–Trinajstić information content (AvgIpc) is 3.31. The van der Waals surface area contributed by atoms with Gasteiger partial charge in [-0.05, 0) is 55.3 Å². The Morgan fingerprint density at radius 1 is 0.818 bits per heavy atom. The Morgan fingerprint density at radius 2 is 1.58 bits per heavy atom. The minimum absolute atomic E-state index is 0. The molecule has 3 aromatic carbocycles. The molecule has 0 saturated carbocycles. The highest BCUT2D eigenvalue weighted by Gasteiger charge is 2.17. The van der Waals surface area contributed by atoms with E-state index in [2.05, 4.69) is 59.8 Å². The summed E-state index contributed by atoms with van der Waals surface area (Å²) in [5.41, 5.74) is 6.46. The number of furan rings is 1. The number of nitrogens with zero attached hydrogens (tertiary/aromatic N) is 2. The number of aryl methyl sites for hydroxylation is 1. The van der Waals surface area contributed by atoms with E-state index in [1.165, 1.54) is 22.2 Å². The van der Waals surface area contributed by atoms with Crippen LogP contribution in [0.5, 0.6) is 11.6 Å². The topological polar surface area (TPSA) is 40.2 Å². The van der Waals surface area contributed by atoms with Crippen LogP contribution in [0.2, 0.25) is 0 Å². The number of hydrogen-bond acceptors (Lipinski definition) is 3. The summed E-state index contributed by atoms with van der Waals surface area (Å²) in [5, 5.41) is 3.29. The number of fused-ring (bicyclic) bond motifs is 4. The van der Waals surface area contributed by atoms with Gasteiger partial charge < -0.3 is 13.7 Å². The molecule has 0 aliphatic rings. The summed E-state index contributed by atoms with van der Waals surface area (Å²) in [6.45, 7) is 5.09. The van der Waals surface area contributed by atoms with Crippen LogP contribution in [0, 0.1) is 13.8 Å². The molecule has 0 radical (unpaired) electrons. The summed E-state index contributed by atoms with van der Waals surface area (Å²) in [7, 11) is 0. The summed E-state index contributed by atoms with van der Waals surface area (Å²) in [6.07, 6.45) is 1.82. The van der Waals surface area contributed by atoms with Gasteiger partial charge in [0.1, 0.15) is 22.4 Å². The highest BCUT2D eigenvalue weighted by atomic mass is 35.5. The van der Waals surface area contributed by atoms with Gasteiger partial charge in [0.05, 0.1) is 0 Å². The Balaban J connectivity index is 0.00000228. The van der Waals surface area contributed by atoms with Crippen LogP contribution in [-0.4, -0.2) is 9.55 Å². The normalized spacial score (nSPS) is 11.2. The minimum Gasteiger partial charge on any atom is -0.456 e. The van der Waals surface area contributed by atoms with Crippen LogP contribution in [0.3, 0.4) is 0 Å². The van der Waals surface area contributed by atoms with Crippen molar-refractivity contribution in [3.63, 3.8) is 0 Å². The van der Waals surface area contributed by atoms with Crippen LogP contribution in [0.15, 0.2) is 89.5 Å². The second-order valence-corrected chi connectivity index (χ2v) is 8.15. The van der Waals surface area contributed by atoms with Crippen LogP contribution >= 0.6 is 12.4 Å². The van der Waals surface area contributed by atoms with Gasteiger partial charge in [0.25, 0.3) is 0 Å². The summed E-state index contributed by atoms with van der Waals surface area (Å²) in [6, 6.07) is 26.6. The third kappa shape index (κ3) is 3.53. The number of benzene rings is 3. The molecule has 33 heavy (non-hydrogen) atoms. The molecular formula is C28H23ClN2O2. The Labute approximate surface area is 197 Å². The minimum atomic E-state index is 0. The van der Waals surface area contributed by atoms with Gasteiger partial charge in [0.2, 0.25) is 5.88 Å². The van der Waals surface area contributed by atoms with Gasteiger partial charge in [-0.1, -0.05) is 48.5 Å². The molecule has 6 aromatic rings. The molecule has 3 heterocycles. The van der Waals surface area contributed by atoms with Crippen molar-refractivity contribution in [2.75, 3.05) is 0 Å². The van der Waals surface area contributed by atoms with Crippen molar-refractivity contribution in [1.29, 1.82) is 0 Å². The van der Waals surface area contributed by atoms with Crippen molar-refractivity contribution in [2.45, 2.75) is 20.4 Å². The van der Waals surface area contributed by atoms with Gasteiger partial charge in [0, 0.05) is 34.6 Å². The molecule has 0 amide bonds. The van der Waals surface area contributed by atoms with E-state index in [-0.39, 0.29) is 12.4 Å². The van der Waals surface area contributed by atoms with E-state index in [0.717, 1.165) is 39.7 Å². The first-order valence-electron chi connectivity index (χ1n) is 10.8. The second-order valence-electron chi connectivity index (χ2n) is 8.15. The Morgan fingerprint density at radius 3 is 2.42 bits per heavy atom. The van der Waals surface area contributed by atoms with Crippen molar-refractivity contribution in [3.8, 4) is 11.6 Å². The molecule has 0 aliphatic carbocycles. The number of ether oxygens (including phenoxy) is 1. The Kier molecular flexibility index (Phi) is 5.31. The molecule has 6 rings (SSSR count).